The lowest BCUT2D eigenvalue weighted by atomic mass is 10.0. The van der Waals surface area contributed by atoms with E-state index in [1.54, 1.807) is 7.05 Å². The lowest BCUT2D eigenvalue weighted by molar-refractivity contribution is -0.127. The third-order valence-electron chi connectivity index (χ3n) is 3.69. The van der Waals surface area contributed by atoms with Gasteiger partial charge in [-0.25, -0.2) is 0 Å². The number of anilines is 1. The van der Waals surface area contributed by atoms with Crippen molar-refractivity contribution in [2.45, 2.75) is 25.3 Å². The second-order valence-electron chi connectivity index (χ2n) is 5.08. The van der Waals surface area contributed by atoms with Crippen molar-refractivity contribution in [1.29, 1.82) is 0 Å². The quantitative estimate of drug-likeness (QED) is 0.795. The number of hydrogen-bond donors (Lipinski definition) is 2. The van der Waals surface area contributed by atoms with Crippen LogP contribution in [0.2, 0.25) is 0 Å². The first kappa shape index (κ1) is 14.7. The fourth-order valence-electron chi connectivity index (χ4n) is 2.57. The van der Waals surface area contributed by atoms with Gasteiger partial charge in [0.15, 0.2) is 0 Å². The van der Waals surface area contributed by atoms with Crippen LogP contribution in [0.4, 0.5) is 5.69 Å². The Hall–Kier alpha value is -1.75. The minimum absolute atomic E-state index is 0.0104. The van der Waals surface area contributed by atoms with E-state index in [0.717, 1.165) is 43.8 Å². The Bertz CT molecular complexity index is 433. The van der Waals surface area contributed by atoms with E-state index < -0.39 is 0 Å². The zero-order valence-corrected chi connectivity index (χ0v) is 12.0. The van der Waals surface area contributed by atoms with Crippen LogP contribution in [0, 0.1) is 0 Å². The first-order valence-corrected chi connectivity index (χ1v) is 7.14. The van der Waals surface area contributed by atoms with Gasteiger partial charge in [0.05, 0.1) is 6.04 Å². The van der Waals surface area contributed by atoms with Gasteiger partial charge in [0.1, 0.15) is 12.4 Å². The zero-order valence-electron chi connectivity index (χ0n) is 12.0. The van der Waals surface area contributed by atoms with Crippen molar-refractivity contribution in [1.82, 2.24) is 10.2 Å². The van der Waals surface area contributed by atoms with Gasteiger partial charge in [0.25, 0.3) is 0 Å². The molecule has 0 radical (unpaired) electrons. The molecule has 1 aromatic carbocycles. The molecule has 0 spiro atoms. The van der Waals surface area contributed by atoms with E-state index in [2.05, 4.69) is 10.2 Å². The maximum atomic E-state index is 11.8. The number of carbonyl (C=O) groups excluding carboxylic acids is 1. The second-order valence-corrected chi connectivity index (χ2v) is 5.08. The van der Waals surface area contributed by atoms with Crippen LogP contribution in [-0.2, 0) is 4.79 Å². The highest BCUT2D eigenvalue weighted by atomic mass is 16.5. The Morgan fingerprint density at radius 1 is 1.40 bits per heavy atom. The zero-order chi connectivity index (χ0) is 14.4. The maximum Gasteiger partial charge on any atom is 0.237 e. The molecule has 1 aromatic rings. The number of piperidine rings is 1. The number of benzene rings is 1. The Kier molecular flexibility index (Phi) is 5.24. The van der Waals surface area contributed by atoms with Crippen LogP contribution in [0.15, 0.2) is 24.3 Å². The Morgan fingerprint density at radius 2 is 2.15 bits per heavy atom. The standard InChI is InChI=1S/C15H23N3O2/c1-17-15(19)14-4-2-3-9-18(14)10-11-20-13-7-5-12(16)6-8-13/h5-8,14H,2-4,9-11,16H2,1H3,(H,17,19). The van der Waals surface area contributed by atoms with Crippen LogP contribution in [0.25, 0.3) is 0 Å². The molecule has 5 heteroatoms. The van der Waals surface area contributed by atoms with Gasteiger partial charge in [-0.3, -0.25) is 9.69 Å². The van der Waals surface area contributed by atoms with E-state index >= 15 is 0 Å². The normalized spacial score (nSPS) is 19.6. The molecule has 5 nitrogen and oxygen atoms in total. The summed E-state index contributed by atoms with van der Waals surface area (Å²) in [6.07, 6.45) is 3.20. The van der Waals surface area contributed by atoms with Crippen LogP contribution in [-0.4, -0.2) is 43.6 Å². The van der Waals surface area contributed by atoms with Crippen molar-refractivity contribution in [2.75, 3.05) is 32.5 Å². The van der Waals surface area contributed by atoms with Crippen LogP contribution in [0.3, 0.4) is 0 Å². The number of nitrogens with one attached hydrogen (secondary N) is 1. The minimum Gasteiger partial charge on any atom is -0.492 e. The van der Waals surface area contributed by atoms with Gasteiger partial charge in [-0.05, 0) is 43.7 Å². The van der Waals surface area contributed by atoms with E-state index in [9.17, 15) is 4.79 Å². The SMILES string of the molecule is CNC(=O)C1CCCCN1CCOc1ccc(N)cc1. The molecule has 1 aliphatic heterocycles. The molecule has 1 fully saturated rings. The monoisotopic (exact) mass is 277 g/mol. The lowest BCUT2D eigenvalue weighted by Crippen LogP contribution is -2.49. The Labute approximate surface area is 120 Å². The molecule has 1 heterocycles. The van der Waals surface area contributed by atoms with Crippen molar-refractivity contribution in [3.8, 4) is 5.75 Å². The summed E-state index contributed by atoms with van der Waals surface area (Å²) in [5.74, 6) is 0.921. The maximum absolute atomic E-state index is 11.8. The van der Waals surface area contributed by atoms with E-state index in [1.807, 2.05) is 24.3 Å². The first-order chi connectivity index (χ1) is 9.70. The summed E-state index contributed by atoms with van der Waals surface area (Å²) >= 11 is 0. The Morgan fingerprint density at radius 3 is 2.85 bits per heavy atom. The van der Waals surface area contributed by atoms with Crippen LogP contribution < -0.4 is 15.8 Å². The molecule has 0 bridgehead atoms. The Balaban J connectivity index is 1.82. The minimum atomic E-state index is -0.0104. The van der Waals surface area contributed by atoms with Crippen molar-refractivity contribution in [3.05, 3.63) is 24.3 Å². The summed E-state index contributed by atoms with van der Waals surface area (Å²) in [6.45, 7) is 2.31. The van der Waals surface area contributed by atoms with Crippen molar-refractivity contribution in [3.63, 3.8) is 0 Å². The van der Waals surface area contributed by atoms with Crippen LogP contribution >= 0.6 is 0 Å². The lowest BCUT2D eigenvalue weighted by Gasteiger charge is -2.34. The van der Waals surface area contributed by atoms with E-state index in [-0.39, 0.29) is 11.9 Å². The summed E-state index contributed by atoms with van der Waals surface area (Å²) < 4.78 is 5.70. The van der Waals surface area contributed by atoms with E-state index in [0.29, 0.717) is 6.61 Å². The van der Waals surface area contributed by atoms with Crippen LogP contribution in [0.5, 0.6) is 5.75 Å². The fraction of sp³-hybridized carbons (Fsp3) is 0.533. The van der Waals surface area contributed by atoms with Crippen molar-refractivity contribution < 1.29 is 9.53 Å². The number of ether oxygens (including phenoxy) is 1. The first-order valence-electron chi connectivity index (χ1n) is 7.14. The molecule has 1 unspecified atom stereocenters. The van der Waals surface area contributed by atoms with Crippen molar-refractivity contribution in [2.24, 2.45) is 0 Å². The second kappa shape index (κ2) is 7.14. The van der Waals surface area contributed by atoms with Crippen LogP contribution in [0.1, 0.15) is 19.3 Å². The smallest absolute Gasteiger partial charge is 0.237 e. The van der Waals surface area contributed by atoms with E-state index in [1.165, 1.54) is 0 Å². The van der Waals surface area contributed by atoms with Gasteiger partial charge < -0.3 is 15.8 Å². The van der Waals surface area contributed by atoms with Gasteiger partial charge in [0.2, 0.25) is 5.91 Å². The van der Waals surface area contributed by atoms with E-state index in [4.69, 9.17) is 10.5 Å². The molecule has 3 N–H and O–H groups in total. The topological polar surface area (TPSA) is 67.6 Å². The fourth-order valence-corrected chi connectivity index (χ4v) is 2.57. The van der Waals surface area contributed by atoms with Gasteiger partial charge in [-0.1, -0.05) is 6.42 Å². The number of hydrogen-bond acceptors (Lipinski definition) is 4. The summed E-state index contributed by atoms with van der Waals surface area (Å²) in [5, 5.41) is 2.74. The third kappa shape index (κ3) is 3.87. The molecular formula is C15H23N3O2. The number of carbonyl (C=O) groups is 1. The number of rotatable bonds is 5. The molecule has 20 heavy (non-hydrogen) atoms. The highest BCUT2D eigenvalue weighted by Crippen LogP contribution is 2.17. The van der Waals surface area contributed by atoms with Crippen molar-refractivity contribution >= 4 is 11.6 Å². The van der Waals surface area contributed by atoms with Gasteiger partial charge >= 0.3 is 0 Å². The highest BCUT2D eigenvalue weighted by Gasteiger charge is 2.27. The number of amides is 1. The molecule has 0 aliphatic carbocycles. The number of nitrogen functional groups attached to an aromatic ring is 1. The summed E-state index contributed by atoms with van der Waals surface area (Å²) in [5.41, 5.74) is 6.36. The summed E-state index contributed by atoms with van der Waals surface area (Å²) in [7, 11) is 1.69. The number of nitrogens with two attached hydrogens (primary N) is 1. The molecule has 1 saturated heterocycles. The molecule has 0 saturated carbocycles. The largest absolute Gasteiger partial charge is 0.492 e. The molecule has 1 atom stereocenters. The molecule has 110 valence electrons. The number of likely N-dealkylation sites (tertiary alicyclic amines) is 1. The summed E-state index contributed by atoms with van der Waals surface area (Å²) in [4.78, 5) is 14.0. The predicted octanol–water partition coefficient (Wildman–Crippen LogP) is 1.25. The summed E-state index contributed by atoms with van der Waals surface area (Å²) in [6, 6.07) is 7.36. The average Bonchev–Trinajstić information content (AvgIpc) is 2.49. The molecule has 1 aliphatic rings. The molecule has 1 amide bonds. The average molecular weight is 277 g/mol. The number of likely N-dealkylation sites (N-methyl/N-ethyl adjacent to an activating group) is 1. The third-order valence-corrected chi connectivity index (χ3v) is 3.69. The van der Waals surface area contributed by atoms with Gasteiger partial charge in [-0.2, -0.15) is 0 Å². The van der Waals surface area contributed by atoms with Gasteiger partial charge in [0, 0.05) is 19.3 Å². The molecular weight excluding hydrogens is 254 g/mol. The number of nitrogens with zero attached hydrogens (tertiary/aromatic N) is 1. The molecule has 2 rings (SSSR count). The molecule has 0 aromatic heterocycles. The highest BCUT2D eigenvalue weighted by molar-refractivity contribution is 5.81. The van der Waals surface area contributed by atoms with Gasteiger partial charge in [-0.15, -0.1) is 0 Å². The predicted molar refractivity (Wildman–Crippen MR) is 79.6 cm³/mol.